The molecule has 0 saturated heterocycles. The van der Waals surface area contributed by atoms with Crippen LogP contribution in [0.25, 0.3) is 0 Å². The fourth-order valence-corrected chi connectivity index (χ4v) is 4.33. The van der Waals surface area contributed by atoms with E-state index in [1.807, 2.05) is 11.3 Å². The molecule has 0 bridgehead atoms. The number of hydrogen-bond donors (Lipinski definition) is 1. The molecule has 1 aliphatic rings. The van der Waals surface area contributed by atoms with Crippen LogP contribution in [0.5, 0.6) is 0 Å². The summed E-state index contributed by atoms with van der Waals surface area (Å²) in [5.41, 5.74) is 4.33. The highest BCUT2D eigenvalue weighted by Crippen LogP contribution is 2.34. The number of hydrogen-bond acceptors (Lipinski definition) is 2. The Morgan fingerprint density at radius 3 is 2.52 bits per heavy atom. The summed E-state index contributed by atoms with van der Waals surface area (Å²) in [5, 5.41) is 8.38. The average Bonchev–Trinajstić information content (AvgIpc) is 2.95. The lowest BCUT2D eigenvalue weighted by molar-refractivity contribution is 0.270. The minimum atomic E-state index is 0.505. The fourth-order valence-electron chi connectivity index (χ4n) is 3.47. The monoisotopic (exact) mass is 299 g/mol. The van der Waals surface area contributed by atoms with Gasteiger partial charge in [-0.2, -0.15) is 11.3 Å². The van der Waals surface area contributed by atoms with Crippen molar-refractivity contribution in [3.8, 4) is 0 Å². The molecule has 1 heterocycles. The van der Waals surface area contributed by atoms with Gasteiger partial charge in [0.1, 0.15) is 0 Å². The van der Waals surface area contributed by atoms with Gasteiger partial charge in [0.25, 0.3) is 0 Å². The van der Waals surface area contributed by atoms with Crippen molar-refractivity contribution in [2.45, 2.75) is 51.6 Å². The summed E-state index contributed by atoms with van der Waals surface area (Å²) in [6.45, 7) is 3.21. The normalized spacial score (nSPS) is 17.8. The minimum absolute atomic E-state index is 0.505. The van der Waals surface area contributed by atoms with E-state index in [0.717, 1.165) is 12.5 Å². The van der Waals surface area contributed by atoms with Gasteiger partial charge in [-0.3, -0.25) is 0 Å². The second-order valence-electron chi connectivity index (χ2n) is 6.25. The highest BCUT2D eigenvalue weighted by molar-refractivity contribution is 7.08. The molecule has 21 heavy (non-hydrogen) atoms. The van der Waals surface area contributed by atoms with E-state index in [1.165, 1.54) is 48.8 Å². The Morgan fingerprint density at radius 1 is 1.10 bits per heavy atom. The second kappa shape index (κ2) is 7.24. The molecule has 1 aromatic heterocycles. The summed E-state index contributed by atoms with van der Waals surface area (Å²) in [7, 11) is 0. The number of thiophene rings is 1. The van der Waals surface area contributed by atoms with E-state index in [-0.39, 0.29) is 0 Å². The Bertz CT molecular complexity index is 540. The highest BCUT2D eigenvalue weighted by Gasteiger charge is 2.24. The van der Waals surface area contributed by atoms with Gasteiger partial charge in [0.2, 0.25) is 0 Å². The van der Waals surface area contributed by atoms with Gasteiger partial charge in [0, 0.05) is 12.6 Å². The first-order chi connectivity index (χ1) is 10.3. The highest BCUT2D eigenvalue weighted by atomic mass is 32.1. The van der Waals surface area contributed by atoms with E-state index in [0.29, 0.717) is 6.04 Å². The van der Waals surface area contributed by atoms with Crippen molar-refractivity contribution >= 4 is 11.3 Å². The first kappa shape index (κ1) is 14.8. The Morgan fingerprint density at radius 2 is 1.86 bits per heavy atom. The molecule has 1 atom stereocenters. The first-order valence-corrected chi connectivity index (χ1v) is 9.09. The van der Waals surface area contributed by atoms with Gasteiger partial charge in [0.05, 0.1) is 0 Å². The molecule has 1 unspecified atom stereocenters. The van der Waals surface area contributed by atoms with E-state index in [9.17, 15) is 0 Å². The van der Waals surface area contributed by atoms with Crippen LogP contribution in [0.15, 0.2) is 41.1 Å². The molecule has 2 heteroatoms. The Labute approximate surface area is 132 Å². The summed E-state index contributed by atoms with van der Waals surface area (Å²) >= 11 is 1.81. The average molecular weight is 299 g/mol. The molecule has 1 N–H and O–H groups in total. The maximum Gasteiger partial charge on any atom is 0.0351 e. The number of aryl methyl sites for hydroxylation is 1. The smallest absolute Gasteiger partial charge is 0.0351 e. The number of rotatable bonds is 5. The standard InChI is InChI=1S/C19H25NS/c1-15-13-21-14-18(15)12-20-19(16-8-4-2-5-9-16)17-10-6-3-7-11-17/h2,4-5,8-9,13-14,17,19-20H,3,6-7,10-12H2,1H3. The lowest BCUT2D eigenvalue weighted by Gasteiger charge is -2.31. The second-order valence-corrected chi connectivity index (χ2v) is 6.99. The molecule has 112 valence electrons. The molecule has 1 aliphatic carbocycles. The van der Waals surface area contributed by atoms with Crippen molar-refractivity contribution in [1.29, 1.82) is 0 Å². The lowest BCUT2D eigenvalue weighted by Crippen LogP contribution is -2.29. The Balaban J connectivity index is 1.74. The van der Waals surface area contributed by atoms with Crippen LogP contribution in [-0.4, -0.2) is 0 Å². The van der Waals surface area contributed by atoms with Crippen LogP contribution >= 0.6 is 11.3 Å². The van der Waals surface area contributed by atoms with Gasteiger partial charge in [-0.05, 0) is 53.1 Å². The molecule has 1 saturated carbocycles. The van der Waals surface area contributed by atoms with Gasteiger partial charge >= 0.3 is 0 Å². The maximum atomic E-state index is 3.86. The third-order valence-corrected chi connectivity index (χ3v) is 5.66. The lowest BCUT2D eigenvalue weighted by atomic mass is 9.81. The van der Waals surface area contributed by atoms with Crippen LogP contribution in [0, 0.1) is 12.8 Å². The summed E-state index contributed by atoms with van der Waals surface area (Å²) < 4.78 is 0. The van der Waals surface area contributed by atoms with Crippen molar-refractivity contribution in [3.05, 3.63) is 57.8 Å². The third-order valence-electron chi connectivity index (χ3n) is 4.75. The van der Waals surface area contributed by atoms with Crippen molar-refractivity contribution in [3.63, 3.8) is 0 Å². The molecule has 3 rings (SSSR count). The minimum Gasteiger partial charge on any atom is -0.306 e. The van der Waals surface area contributed by atoms with E-state index >= 15 is 0 Å². The van der Waals surface area contributed by atoms with E-state index in [2.05, 4.69) is 53.3 Å². The Hall–Kier alpha value is -1.12. The van der Waals surface area contributed by atoms with Gasteiger partial charge < -0.3 is 5.32 Å². The van der Waals surface area contributed by atoms with Crippen molar-refractivity contribution in [2.75, 3.05) is 0 Å². The maximum absolute atomic E-state index is 3.86. The van der Waals surface area contributed by atoms with Gasteiger partial charge in [-0.25, -0.2) is 0 Å². The summed E-state index contributed by atoms with van der Waals surface area (Å²) in [6.07, 6.45) is 6.95. The zero-order chi connectivity index (χ0) is 14.5. The van der Waals surface area contributed by atoms with Crippen molar-refractivity contribution in [2.24, 2.45) is 5.92 Å². The molecule has 0 radical (unpaired) electrons. The molecule has 1 aromatic carbocycles. The summed E-state index contributed by atoms with van der Waals surface area (Å²) in [6, 6.07) is 11.5. The molecular formula is C19H25NS. The Kier molecular flexibility index (Phi) is 5.10. The van der Waals surface area contributed by atoms with Crippen LogP contribution < -0.4 is 5.32 Å². The number of nitrogens with one attached hydrogen (secondary N) is 1. The topological polar surface area (TPSA) is 12.0 Å². The van der Waals surface area contributed by atoms with Crippen LogP contribution in [0.2, 0.25) is 0 Å². The summed E-state index contributed by atoms with van der Waals surface area (Å²) in [5.74, 6) is 0.792. The molecule has 0 amide bonds. The predicted octanol–water partition coefficient (Wildman–Crippen LogP) is 5.47. The molecular weight excluding hydrogens is 274 g/mol. The predicted molar refractivity (Wildman–Crippen MR) is 91.7 cm³/mol. The van der Waals surface area contributed by atoms with Crippen LogP contribution in [0.3, 0.4) is 0 Å². The van der Waals surface area contributed by atoms with Crippen LogP contribution in [0.4, 0.5) is 0 Å². The molecule has 0 spiro atoms. The molecule has 1 nitrogen and oxygen atoms in total. The van der Waals surface area contributed by atoms with E-state index in [4.69, 9.17) is 0 Å². The fraction of sp³-hybridized carbons (Fsp3) is 0.474. The zero-order valence-corrected chi connectivity index (χ0v) is 13.7. The number of benzene rings is 1. The van der Waals surface area contributed by atoms with Gasteiger partial charge in [0.15, 0.2) is 0 Å². The van der Waals surface area contributed by atoms with Crippen molar-refractivity contribution in [1.82, 2.24) is 5.32 Å². The molecule has 1 fully saturated rings. The summed E-state index contributed by atoms with van der Waals surface area (Å²) in [4.78, 5) is 0. The first-order valence-electron chi connectivity index (χ1n) is 8.14. The quantitative estimate of drug-likeness (QED) is 0.772. The van der Waals surface area contributed by atoms with E-state index in [1.54, 1.807) is 0 Å². The zero-order valence-electron chi connectivity index (χ0n) is 12.8. The van der Waals surface area contributed by atoms with E-state index < -0.39 is 0 Å². The third kappa shape index (κ3) is 3.75. The van der Waals surface area contributed by atoms with Crippen LogP contribution in [0.1, 0.15) is 54.8 Å². The largest absolute Gasteiger partial charge is 0.306 e. The van der Waals surface area contributed by atoms with Gasteiger partial charge in [-0.1, -0.05) is 49.6 Å². The van der Waals surface area contributed by atoms with Crippen molar-refractivity contribution < 1.29 is 0 Å². The molecule has 0 aliphatic heterocycles. The van der Waals surface area contributed by atoms with Gasteiger partial charge in [-0.15, -0.1) is 0 Å². The SMILES string of the molecule is Cc1cscc1CNC(c1ccccc1)C1CCCCC1. The molecule has 2 aromatic rings. The van der Waals surface area contributed by atoms with Crippen LogP contribution in [-0.2, 0) is 6.54 Å².